The van der Waals surface area contributed by atoms with Crippen molar-refractivity contribution in [3.05, 3.63) is 227 Å². The molecule has 0 saturated heterocycles. The van der Waals surface area contributed by atoms with Crippen LogP contribution >= 0.6 is 0 Å². The molecule has 294 valence electrons. The highest BCUT2D eigenvalue weighted by molar-refractivity contribution is 6.24. The Morgan fingerprint density at radius 1 is 0.452 bits per heavy atom. The van der Waals surface area contributed by atoms with E-state index in [1.54, 1.807) is 0 Å². The van der Waals surface area contributed by atoms with Gasteiger partial charge in [0.15, 0.2) is 5.84 Å². The van der Waals surface area contributed by atoms with E-state index in [0.717, 1.165) is 74.0 Å². The van der Waals surface area contributed by atoms with E-state index >= 15 is 0 Å². The topological polar surface area (TPSA) is 46.6 Å². The molecule has 1 atom stereocenters. The lowest BCUT2D eigenvalue weighted by Gasteiger charge is -2.24. The van der Waals surface area contributed by atoms with Crippen molar-refractivity contribution >= 4 is 56.5 Å². The number of rotatable bonds is 7. The first-order valence-corrected chi connectivity index (χ1v) is 21.4. The van der Waals surface area contributed by atoms with Gasteiger partial charge in [0.05, 0.1) is 16.6 Å². The van der Waals surface area contributed by atoms with E-state index in [1.807, 2.05) is 6.07 Å². The Balaban J connectivity index is 1.14. The van der Waals surface area contributed by atoms with E-state index in [0.29, 0.717) is 5.84 Å². The molecular formula is C57H41N5. The van der Waals surface area contributed by atoms with Crippen LogP contribution in [0.25, 0.3) is 78.5 Å². The summed E-state index contributed by atoms with van der Waals surface area (Å²) in [6, 6.07) is 71.6. The summed E-state index contributed by atoms with van der Waals surface area (Å²) in [6.45, 7) is 0. The normalized spacial score (nSPS) is 14.7. The molecule has 0 saturated carbocycles. The Morgan fingerprint density at radius 3 is 1.84 bits per heavy atom. The standard InChI is InChI=1S/C57H41N5/c1-5-17-38(18-6-1)39-29-32-45(33-30-39)62-51-28-16-14-26-47(51)54-49(57-59-55(40-19-7-2-8-20-40)58-56(60-57)41-21-9-3-10-22-41)36-43(37-53(54)62)42-31-34-52-48(35-42)46-25-13-15-27-50(46)61(52)44-23-11-4-12-24-44/h1-12,14,16-37,55H,13,15H2,(H,58,59,60). The van der Waals surface area contributed by atoms with Gasteiger partial charge in [-0.1, -0.05) is 158 Å². The Labute approximate surface area is 359 Å². The molecule has 2 aromatic heterocycles. The Kier molecular flexibility index (Phi) is 8.63. The van der Waals surface area contributed by atoms with Gasteiger partial charge in [-0.3, -0.25) is 0 Å². The average molecular weight is 796 g/mol. The summed E-state index contributed by atoms with van der Waals surface area (Å²) in [4.78, 5) is 10.9. The van der Waals surface area contributed by atoms with Gasteiger partial charge in [-0.25, -0.2) is 9.98 Å². The van der Waals surface area contributed by atoms with E-state index in [2.05, 4.69) is 221 Å². The second kappa shape index (κ2) is 14.9. The summed E-state index contributed by atoms with van der Waals surface area (Å²) in [5, 5.41) is 9.78. The molecule has 0 radical (unpaired) electrons. The SMILES string of the molecule is C1=c2c(n(-c3ccccc3)c3ccc(-c4cc(C5=NC(c6ccccc6)NC(c6ccccc6)=N5)c5c6ccccc6n(-c6ccc(-c7ccccc7)cc6)c5c4)cc23)=CCC1. The minimum absolute atomic E-state index is 0.330. The fourth-order valence-electron chi connectivity index (χ4n) is 9.50. The Bertz CT molecular complexity index is 3510. The molecule has 5 nitrogen and oxygen atoms in total. The van der Waals surface area contributed by atoms with Crippen molar-refractivity contribution in [1.29, 1.82) is 0 Å². The summed E-state index contributed by atoms with van der Waals surface area (Å²) in [6.07, 6.45) is 6.55. The monoisotopic (exact) mass is 795 g/mol. The third-order valence-corrected chi connectivity index (χ3v) is 12.4. The van der Waals surface area contributed by atoms with Crippen LogP contribution in [-0.4, -0.2) is 20.8 Å². The number of benzene rings is 8. The molecule has 1 aliphatic heterocycles. The molecule has 62 heavy (non-hydrogen) atoms. The fraction of sp³-hybridized carbons (Fsp3) is 0.0526. The highest BCUT2D eigenvalue weighted by Gasteiger charge is 2.26. The number of amidine groups is 2. The zero-order valence-corrected chi connectivity index (χ0v) is 34.0. The van der Waals surface area contributed by atoms with Gasteiger partial charge in [-0.15, -0.1) is 0 Å². The van der Waals surface area contributed by atoms with Gasteiger partial charge in [0.1, 0.15) is 12.0 Å². The van der Waals surface area contributed by atoms with E-state index in [4.69, 9.17) is 9.98 Å². The molecule has 8 aromatic carbocycles. The molecule has 12 rings (SSSR count). The van der Waals surface area contributed by atoms with Gasteiger partial charge in [0.25, 0.3) is 0 Å². The number of nitrogens with one attached hydrogen (secondary N) is 1. The van der Waals surface area contributed by atoms with Crippen LogP contribution in [0.5, 0.6) is 0 Å². The third kappa shape index (κ3) is 6.09. The van der Waals surface area contributed by atoms with E-state index < -0.39 is 0 Å². The lowest BCUT2D eigenvalue weighted by Crippen LogP contribution is -2.33. The summed E-state index contributed by atoms with van der Waals surface area (Å²) in [5.41, 5.74) is 13.4. The number of aromatic nitrogens is 2. The van der Waals surface area contributed by atoms with Crippen LogP contribution < -0.4 is 15.9 Å². The first-order chi connectivity index (χ1) is 30.7. The van der Waals surface area contributed by atoms with Crippen molar-refractivity contribution in [2.45, 2.75) is 19.0 Å². The molecular weight excluding hydrogens is 755 g/mol. The molecule has 5 heteroatoms. The largest absolute Gasteiger partial charge is 0.344 e. The molecule has 1 aliphatic carbocycles. The lowest BCUT2D eigenvalue weighted by molar-refractivity contribution is 0.674. The van der Waals surface area contributed by atoms with Crippen LogP contribution in [0.3, 0.4) is 0 Å². The van der Waals surface area contributed by atoms with Gasteiger partial charge in [0, 0.05) is 49.2 Å². The maximum absolute atomic E-state index is 5.46. The van der Waals surface area contributed by atoms with Crippen LogP contribution in [0.1, 0.15) is 35.7 Å². The number of hydrogen-bond acceptors (Lipinski definition) is 3. The van der Waals surface area contributed by atoms with Crippen LogP contribution in [0.15, 0.2) is 210 Å². The van der Waals surface area contributed by atoms with Crippen molar-refractivity contribution in [3.8, 4) is 33.6 Å². The van der Waals surface area contributed by atoms with Gasteiger partial charge in [-0.05, 0) is 95.3 Å². The van der Waals surface area contributed by atoms with Crippen molar-refractivity contribution in [1.82, 2.24) is 14.5 Å². The molecule has 0 bridgehead atoms. The summed E-state index contributed by atoms with van der Waals surface area (Å²) < 4.78 is 4.84. The minimum atomic E-state index is -0.330. The van der Waals surface area contributed by atoms with Gasteiger partial charge in [-0.2, -0.15) is 0 Å². The minimum Gasteiger partial charge on any atom is -0.344 e. The second-order valence-electron chi connectivity index (χ2n) is 16.1. The molecule has 3 heterocycles. The Morgan fingerprint density at radius 2 is 1.06 bits per heavy atom. The van der Waals surface area contributed by atoms with Gasteiger partial charge < -0.3 is 14.5 Å². The highest BCUT2D eigenvalue weighted by atomic mass is 15.2. The predicted octanol–water partition coefficient (Wildman–Crippen LogP) is 11.9. The third-order valence-electron chi connectivity index (χ3n) is 12.4. The van der Waals surface area contributed by atoms with Crippen LogP contribution in [0.2, 0.25) is 0 Å². The lowest BCUT2D eigenvalue weighted by atomic mass is 9.96. The van der Waals surface area contributed by atoms with Crippen LogP contribution in [0, 0.1) is 0 Å². The number of nitrogens with zero attached hydrogens (tertiary/aromatic N) is 4. The molecule has 1 N–H and O–H groups in total. The van der Waals surface area contributed by atoms with Gasteiger partial charge in [0.2, 0.25) is 0 Å². The predicted molar refractivity (Wildman–Crippen MR) is 258 cm³/mol. The van der Waals surface area contributed by atoms with E-state index in [-0.39, 0.29) is 6.17 Å². The van der Waals surface area contributed by atoms with Crippen molar-refractivity contribution < 1.29 is 0 Å². The molecule has 0 spiro atoms. The maximum Gasteiger partial charge on any atom is 0.160 e. The van der Waals surface area contributed by atoms with Crippen molar-refractivity contribution in [2.75, 3.05) is 0 Å². The number of aliphatic imine (C=N–C) groups is 2. The highest BCUT2D eigenvalue weighted by Crippen LogP contribution is 2.40. The second-order valence-corrected chi connectivity index (χ2v) is 16.1. The maximum atomic E-state index is 5.46. The zero-order chi connectivity index (χ0) is 41.0. The summed E-state index contributed by atoms with van der Waals surface area (Å²) in [7, 11) is 0. The molecule has 1 unspecified atom stereocenters. The van der Waals surface area contributed by atoms with E-state index in [9.17, 15) is 0 Å². The quantitative estimate of drug-likeness (QED) is 0.172. The smallest absolute Gasteiger partial charge is 0.160 e. The Hall–Kier alpha value is -8.02. The van der Waals surface area contributed by atoms with E-state index in [1.165, 1.54) is 38.3 Å². The number of hydrogen-bond donors (Lipinski definition) is 1. The summed E-state index contributed by atoms with van der Waals surface area (Å²) >= 11 is 0. The number of fused-ring (bicyclic) bond motifs is 6. The molecule has 2 aliphatic rings. The molecule has 0 fully saturated rings. The average Bonchev–Trinajstić information content (AvgIpc) is 3.87. The summed E-state index contributed by atoms with van der Waals surface area (Å²) in [5.74, 6) is 1.49. The fourth-order valence-corrected chi connectivity index (χ4v) is 9.50. The van der Waals surface area contributed by atoms with Gasteiger partial charge >= 0.3 is 0 Å². The first-order valence-electron chi connectivity index (χ1n) is 21.4. The van der Waals surface area contributed by atoms with Crippen LogP contribution in [0.4, 0.5) is 0 Å². The van der Waals surface area contributed by atoms with Crippen LogP contribution in [-0.2, 0) is 0 Å². The zero-order valence-electron chi connectivity index (χ0n) is 34.0. The first kappa shape index (κ1) is 35.9. The number of para-hydroxylation sites is 2. The molecule has 0 amide bonds. The van der Waals surface area contributed by atoms with Crippen molar-refractivity contribution in [2.24, 2.45) is 9.98 Å². The molecule has 10 aromatic rings. The van der Waals surface area contributed by atoms with Crippen molar-refractivity contribution in [3.63, 3.8) is 0 Å².